The van der Waals surface area contributed by atoms with E-state index in [0.29, 0.717) is 22.8 Å². The van der Waals surface area contributed by atoms with Crippen LogP contribution in [0.2, 0.25) is 0 Å². The first kappa shape index (κ1) is 14.4. The third-order valence-corrected chi connectivity index (χ3v) is 3.87. The number of anilines is 1. The molecule has 7 heteroatoms. The summed E-state index contributed by atoms with van der Waals surface area (Å²) in [6, 6.07) is 7.97. The van der Waals surface area contributed by atoms with E-state index in [4.69, 9.17) is 0 Å². The Morgan fingerprint density at radius 1 is 1.32 bits per heavy atom. The van der Waals surface area contributed by atoms with Gasteiger partial charge in [-0.3, -0.25) is 4.79 Å². The van der Waals surface area contributed by atoms with Crippen LogP contribution in [0, 0.1) is 19.7 Å². The quantitative estimate of drug-likeness (QED) is 0.806. The first-order chi connectivity index (χ1) is 10.6. The van der Waals surface area contributed by atoms with Gasteiger partial charge in [0.25, 0.3) is 5.91 Å². The molecule has 0 fully saturated rings. The van der Waals surface area contributed by atoms with E-state index in [2.05, 4.69) is 14.8 Å². The fourth-order valence-corrected chi connectivity index (χ4v) is 2.78. The molecule has 0 saturated heterocycles. The first-order valence-corrected chi connectivity index (χ1v) is 7.44. The number of nitrogens with one attached hydrogen (secondary N) is 1. The molecule has 0 aliphatic carbocycles. The molecular formula is C15H13FN4OS. The summed E-state index contributed by atoms with van der Waals surface area (Å²) < 4.78 is 19.4. The third-order valence-electron chi connectivity index (χ3n) is 3.15. The van der Waals surface area contributed by atoms with E-state index in [1.165, 1.54) is 22.3 Å². The smallest absolute Gasteiger partial charge is 0.259 e. The van der Waals surface area contributed by atoms with Crippen LogP contribution in [0.1, 0.15) is 21.7 Å². The molecule has 0 unspecified atom stereocenters. The average Bonchev–Trinajstić information content (AvgIpc) is 3.05. The molecule has 2 aromatic heterocycles. The van der Waals surface area contributed by atoms with Gasteiger partial charge in [0.15, 0.2) is 0 Å². The summed E-state index contributed by atoms with van der Waals surface area (Å²) in [5.74, 6) is -0.281. The molecule has 3 rings (SSSR count). The van der Waals surface area contributed by atoms with Gasteiger partial charge in [-0.05, 0) is 37.5 Å². The topological polar surface area (TPSA) is 59.8 Å². The van der Waals surface area contributed by atoms with Crippen LogP contribution >= 0.6 is 11.5 Å². The number of nitrogens with zero attached hydrogens (tertiary/aromatic N) is 3. The molecule has 3 aromatic rings. The van der Waals surface area contributed by atoms with E-state index >= 15 is 0 Å². The zero-order valence-electron chi connectivity index (χ0n) is 12.0. The van der Waals surface area contributed by atoms with E-state index in [9.17, 15) is 9.18 Å². The second kappa shape index (κ2) is 5.69. The second-order valence-electron chi connectivity index (χ2n) is 4.80. The van der Waals surface area contributed by atoms with Crippen LogP contribution in [-0.2, 0) is 0 Å². The Bertz CT molecular complexity index is 840. The second-order valence-corrected chi connectivity index (χ2v) is 5.43. The molecular weight excluding hydrogens is 303 g/mol. The third kappa shape index (κ3) is 2.62. The Hall–Kier alpha value is -2.54. The minimum atomic E-state index is -0.408. The molecule has 0 spiro atoms. The normalized spacial score (nSPS) is 10.7. The molecule has 0 saturated carbocycles. The zero-order valence-corrected chi connectivity index (χ0v) is 12.8. The van der Waals surface area contributed by atoms with Crippen molar-refractivity contribution in [3.05, 3.63) is 58.5 Å². The van der Waals surface area contributed by atoms with Crippen molar-refractivity contribution in [3.63, 3.8) is 0 Å². The van der Waals surface area contributed by atoms with Gasteiger partial charge >= 0.3 is 0 Å². The predicted octanol–water partition coefficient (Wildman–Crippen LogP) is 3.34. The summed E-state index contributed by atoms with van der Waals surface area (Å²) in [5, 5.41) is 8.69. The van der Waals surface area contributed by atoms with Crippen molar-refractivity contribution in [2.24, 2.45) is 0 Å². The Morgan fingerprint density at radius 3 is 2.77 bits per heavy atom. The number of aryl methyl sites for hydroxylation is 2. The molecule has 0 aliphatic heterocycles. The highest BCUT2D eigenvalue weighted by Gasteiger charge is 2.16. The van der Waals surface area contributed by atoms with E-state index in [-0.39, 0.29) is 11.6 Å². The van der Waals surface area contributed by atoms with Crippen molar-refractivity contribution >= 4 is 23.3 Å². The monoisotopic (exact) mass is 316 g/mol. The summed E-state index contributed by atoms with van der Waals surface area (Å²) in [7, 11) is 0. The van der Waals surface area contributed by atoms with Crippen molar-refractivity contribution in [1.82, 2.24) is 14.2 Å². The Labute approximate surface area is 130 Å². The molecule has 0 radical (unpaired) electrons. The highest BCUT2D eigenvalue weighted by molar-refractivity contribution is 7.04. The molecule has 0 aliphatic rings. The average molecular weight is 316 g/mol. The van der Waals surface area contributed by atoms with Crippen LogP contribution in [0.15, 0.2) is 35.7 Å². The van der Waals surface area contributed by atoms with Gasteiger partial charge in [0, 0.05) is 11.4 Å². The van der Waals surface area contributed by atoms with Crippen molar-refractivity contribution < 1.29 is 9.18 Å². The maximum Gasteiger partial charge on any atom is 0.259 e. The lowest BCUT2D eigenvalue weighted by Crippen LogP contribution is -2.16. The molecule has 112 valence electrons. The van der Waals surface area contributed by atoms with Crippen LogP contribution in [-0.4, -0.2) is 20.1 Å². The van der Waals surface area contributed by atoms with Crippen LogP contribution in [0.3, 0.4) is 0 Å². The van der Waals surface area contributed by atoms with Gasteiger partial charge in [-0.2, -0.15) is 9.47 Å². The highest BCUT2D eigenvalue weighted by atomic mass is 32.1. The molecule has 0 bridgehead atoms. The number of halogens is 1. The summed E-state index contributed by atoms with van der Waals surface area (Å²) in [5.41, 5.74) is 2.13. The van der Waals surface area contributed by atoms with Crippen LogP contribution < -0.4 is 5.32 Å². The highest BCUT2D eigenvalue weighted by Crippen LogP contribution is 2.21. The number of amides is 1. The lowest BCUT2D eigenvalue weighted by atomic mass is 10.2. The maximum atomic E-state index is 14.0. The minimum absolute atomic E-state index is 0.283. The van der Waals surface area contributed by atoms with Crippen LogP contribution in [0.25, 0.3) is 5.69 Å². The predicted molar refractivity (Wildman–Crippen MR) is 83.1 cm³/mol. The number of rotatable bonds is 3. The number of hydrogen-bond donors (Lipinski definition) is 1. The number of hydrogen-bond acceptors (Lipinski definition) is 4. The van der Waals surface area contributed by atoms with Gasteiger partial charge in [0.2, 0.25) is 0 Å². The number of aromatic nitrogens is 3. The van der Waals surface area contributed by atoms with Crippen molar-refractivity contribution in [2.75, 3.05) is 5.32 Å². The first-order valence-electron chi connectivity index (χ1n) is 6.60. The Balaban J connectivity index is 1.97. The lowest BCUT2D eigenvalue weighted by molar-refractivity contribution is 0.102. The number of para-hydroxylation sites is 1. The lowest BCUT2D eigenvalue weighted by Gasteiger charge is -2.09. The number of carbonyl (C=O) groups excluding carboxylic acids is 1. The summed E-state index contributed by atoms with van der Waals surface area (Å²) in [4.78, 5) is 12.3. The SMILES string of the molecule is Cc1cc(NC(=O)c2csnc2C)n(-c2ccccc2F)n1. The molecule has 0 atom stereocenters. The zero-order chi connectivity index (χ0) is 15.7. The summed E-state index contributed by atoms with van der Waals surface area (Å²) in [6.07, 6.45) is 0. The summed E-state index contributed by atoms with van der Waals surface area (Å²) >= 11 is 1.22. The fraction of sp³-hybridized carbons (Fsp3) is 0.133. The minimum Gasteiger partial charge on any atom is -0.306 e. The van der Waals surface area contributed by atoms with Gasteiger partial charge in [-0.15, -0.1) is 0 Å². The fourth-order valence-electron chi connectivity index (χ4n) is 2.09. The maximum absolute atomic E-state index is 14.0. The van der Waals surface area contributed by atoms with Gasteiger partial charge in [-0.25, -0.2) is 9.07 Å². The van der Waals surface area contributed by atoms with E-state index in [0.717, 1.165) is 0 Å². The number of benzene rings is 1. The van der Waals surface area contributed by atoms with E-state index < -0.39 is 5.82 Å². The van der Waals surface area contributed by atoms with Gasteiger partial charge < -0.3 is 5.32 Å². The summed E-state index contributed by atoms with van der Waals surface area (Å²) in [6.45, 7) is 3.55. The largest absolute Gasteiger partial charge is 0.306 e. The van der Waals surface area contributed by atoms with Crippen molar-refractivity contribution in [1.29, 1.82) is 0 Å². The standard InChI is InChI=1S/C15H13FN4OS/c1-9-7-14(17-15(21)11-8-22-19-10(11)2)20(18-9)13-6-4-3-5-12(13)16/h3-8H,1-2H3,(H,17,21). The molecule has 2 heterocycles. The molecule has 5 nitrogen and oxygen atoms in total. The van der Waals surface area contributed by atoms with Crippen molar-refractivity contribution in [3.8, 4) is 5.69 Å². The Morgan fingerprint density at radius 2 is 2.09 bits per heavy atom. The van der Waals surface area contributed by atoms with E-state index in [1.807, 2.05) is 0 Å². The van der Waals surface area contributed by atoms with E-state index in [1.54, 1.807) is 43.5 Å². The van der Waals surface area contributed by atoms with Gasteiger partial charge in [0.05, 0.1) is 17.0 Å². The molecule has 1 N–H and O–H groups in total. The van der Waals surface area contributed by atoms with Crippen molar-refractivity contribution in [2.45, 2.75) is 13.8 Å². The molecule has 1 aromatic carbocycles. The number of carbonyl (C=O) groups is 1. The van der Waals surface area contributed by atoms with Gasteiger partial charge in [0.1, 0.15) is 17.3 Å². The molecule has 22 heavy (non-hydrogen) atoms. The van der Waals surface area contributed by atoms with Crippen LogP contribution in [0.4, 0.5) is 10.2 Å². The van der Waals surface area contributed by atoms with Crippen LogP contribution in [0.5, 0.6) is 0 Å². The van der Waals surface area contributed by atoms with Gasteiger partial charge in [-0.1, -0.05) is 12.1 Å². The molecule has 1 amide bonds. The Kier molecular flexibility index (Phi) is 3.72.